The van der Waals surface area contributed by atoms with Crippen molar-refractivity contribution in [1.82, 2.24) is 25.0 Å². The van der Waals surface area contributed by atoms with Crippen LogP contribution in [-0.4, -0.2) is 50.7 Å². The first-order chi connectivity index (χ1) is 24.5. The molecule has 1 N–H and O–H groups in total. The van der Waals surface area contributed by atoms with E-state index >= 15 is 0 Å². The molecule has 0 radical (unpaired) electrons. The molecule has 0 bridgehead atoms. The third kappa shape index (κ3) is 8.78. The van der Waals surface area contributed by atoms with Gasteiger partial charge in [-0.2, -0.15) is 5.10 Å². The molecule has 3 fully saturated rings. The van der Waals surface area contributed by atoms with Crippen LogP contribution < -0.4 is 10.1 Å². The number of ether oxygens (including phenoxy) is 1. The van der Waals surface area contributed by atoms with Gasteiger partial charge in [0.05, 0.1) is 6.04 Å². The maximum Gasteiger partial charge on any atom is 0.240 e. The topological polar surface area (TPSA) is 72.3 Å². The van der Waals surface area contributed by atoms with Crippen LogP contribution in [0.1, 0.15) is 93.2 Å². The molecule has 1 amide bonds. The van der Waals surface area contributed by atoms with Crippen LogP contribution in [0.4, 0.5) is 0 Å². The third-order valence-corrected chi connectivity index (χ3v) is 12.2. The maximum absolute atomic E-state index is 14.4. The van der Waals surface area contributed by atoms with E-state index in [-0.39, 0.29) is 17.4 Å². The Hall–Kier alpha value is -3.68. The fourth-order valence-electron chi connectivity index (χ4n) is 8.97. The second-order valence-electron chi connectivity index (χ2n) is 15.1. The number of nitrogens with zero attached hydrogens (tertiary/aromatic N) is 4. The molecular weight excluding hydrogens is 642 g/mol. The molecule has 3 aromatic carbocycles. The van der Waals surface area contributed by atoms with E-state index in [9.17, 15) is 4.79 Å². The van der Waals surface area contributed by atoms with Crippen molar-refractivity contribution in [3.63, 3.8) is 0 Å². The Morgan fingerprint density at radius 3 is 2.26 bits per heavy atom. The van der Waals surface area contributed by atoms with Gasteiger partial charge in [-0.15, -0.1) is 0 Å². The summed E-state index contributed by atoms with van der Waals surface area (Å²) >= 11 is 6.24. The quantitative estimate of drug-likeness (QED) is 0.161. The highest BCUT2D eigenvalue weighted by atomic mass is 35.5. The van der Waals surface area contributed by atoms with E-state index in [0.717, 1.165) is 74.5 Å². The Kier molecular flexibility index (Phi) is 11.5. The highest BCUT2D eigenvalue weighted by molar-refractivity contribution is 6.30. The van der Waals surface area contributed by atoms with Crippen LogP contribution in [0.2, 0.25) is 5.02 Å². The molecule has 1 aromatic heterocycles. The van der Waals surface area contributed by atoms with Gasteiger partial charge in [-0.05, 0) is 116 Å². The van der Waals surface area contributed by atoms with E-state index < -0.39 is 0 Å². The summed E-state index contributed by atoms with van der Waals surface area (Å²) in [4.78, 5) is 20.8. The van der Waals surface area contributed by atoms with Crippen molar-refractivity contribution in [2.75, 3.05) is 13.1 Å². The van der Waals surface area contributed by atoms with Crippen LogP contribution in [0.5, 0.6) is 5.75 Å². The number of amides is 1. The number of nitrogens with one attached hydrogen (secondary N) is 1. The van der Waals surface area contributed by atoms with Crippen LogP contribution in [0.3, 0.4) is 0 Å². The van der Waals surface area contributed by atoms with Crippen LogP contribution in [0, 0.1) is 11.3 Å². The maximum atomic E-state index is 14.4. The monoisotopic (exact) mass is 693 g/mol. The number of carbonyl (C=O) groups is 1. The van der Waals surface area contributed by atoms with Crippen LogP contribution in [0.25, 0.3) is 0 Å². The van der Waals surface area contributed by atoms with Gasteiger partial charge >= 0.3 is 0 Å². The predicted molar refractivity (Wildman–Crippen MR) is 199 cm³/mol. The summed E-state index contributed by atoms with van der Waals surface area (Å²) in [6, 6.07) is 27.0. The second kappa shape index (κ2) is 16.6. The minimum Gasteiger partial charge on any atom is -0.489 e. The van der Waals surface area contributed by atoms with Crippen LogP contribution >= 0.6 is 11.6 Å². The summed E-state index contributed by atoms with van der Waals surface area (Å²) in [7, 11) is 0. The van der Waals surface area contributed by atoms with Crippen molar-refractivity contribution in [1.29, 1.82) is 0 Å². The molecule has 50 heavy (non-hydrogen) atoms. The molecule has 4 aromatic rings. The standard InChI is InChI=1S/C42H52ClN5O2/c43-37-17-11-32(12-18-37)27-40(41(49)47-25-23-42(24-26-47,29-48-31-44-30-45-48)36-9-5-2-6-10-36)46-38-19-13-34(14-20-38)35-15-21-39(22-16-35)50-28-33-7-3-1-4-8-33/h1,3-4,7-8,11-12,15-18,21-22,30-31,34,36,38,40,46H,2,5-6,9-10,13-14,19-20,23-29H2/t34?,38?,40-/m1/s1. The molecule has 2 heterocycles. The minimum atomic E-state index is -0.253. The summed E-state index contributed by atoms with van der Waals surface area (Å²) in [5.74, 6) is 2.37. The van der Waals surface area contributed by atoms with E-state index in [2.05, 4.69) is 68.8 Å². The molecule has 8 heteroatoms. The molecule has 0 spiro atoms. The number of rotatable bonds is 12. The normalized spacial score (nSPS) is 21.8. The largest absolute Gasteiger partial charge is 0.489 e. The number of piperidine rings is 1. The summed E-state index contributed by atoms with van der Waals surface area (Å²) in [5.41, 5.74) is 3.87. The number of halogens is 1. The minimum absolute atomic E-state index is 0.175. The Morgan fingerprint density at radius 1 is 0.860 bits per heavy atom. The lowest BCUT2D eigenvalue weighted by atomic mass is 9.63. The van der Waals surface area contributed by atoms with Gasteiger partial charge in [0.15, 0.2) is 0 Å². The van der Waals surface area contributed by atoms with Crippen molar-refractivity contribution in [2.45, 2.75) is 108 Å². The highest BCUT2D eigenvalue weighted by Crippen LogP contribution is 2.47. The van der Waals surface area contributed by atoms with Gasteiger partial charge in [-0.25, -0.2) is 4.98 Å². The van der Waals surface area contributed by atoms with E-state index in [1.165, 1.54) is 43.2 Å². The number of carbonyl (C=O) groups excluding carboxylic acids is 1. The Balaban J connectivity index is 0.972. The lowest BCUT2D eigenvalue weighted by Gasteiger charge is -2.48. The van der Waals surface area contributed by atoms with Gasteiger partial charge in [-0.3, -0.25) is 9.48 Å². The lowest BCUT2D eigenvalue weighted by molar-refractivity contribution is -0.137. The summed E-state index contributed by atoms with van der Waals surface area (Å²) in [6.07, 6.45) is 17.1. The van der Waals surface area contributed by atoms with Crippen LogP contribution in [-0.2, 0) is 24.4 Å². The zero-order chi connectivity index (χ0) is 34.2. The zero-order valence-electron chi connectivity index (χ0n) is 29.3. The predicted octanol–water partition coefficient (Wildman–Crippen LogP) is 8.63. The first-order valence-electron chi connectivity index (χ1n) is 18.9. The van der Waals surface area contributed by atoms with E-state index in [0.29, 0.717) is 30.9 Å². The zero-order valence-corrected chi connectivity index (χ0v) is 30.0. The molecular formula is C42H52ClN5O2. The highest BCUT2D eigenvalue weighted by Gasteiger charge is 2.44. The number of benzene rings is 3. The second-order valence-corrected chi connectivity index (χ2v) is 15.5. The first kappa shape index (κ1) is 34.8. The average Bonchev–Trinajstić information content (AvgIpc) is 3.69. The molecule has 3 aliphatic rings. The van der Waals surface area contributed by atoms with Gasteiger partial charge in [0.25, 0.3) is 0 Å². The third-order valence-electron chi connectivity index (χ3n) is 11.9. The Bertz CT molecular complexity index is 1610. The summed E-state index contributed by atoms with van der Waals surface area (Å²) < 4.78 is 8.06. The van der Waals surface area contributed by atoms with Gasteiger partial charge in [-0.1, -0.05) is 85.5 Å². The first-order valence-corrected chi connectivity index (χ1v) is 19.3. The Morgan fingerprint density at radius 2 is 1.58 bits per heavy atom. The molecule has 264 valence electrons. The number of hydrogen-bond donors (Lipinski definition) is 1. The van der Waals surface area contributed by atoms with Gasteiger partial charge < -0.3 is 15.0 Å². The lowest BCUT2D eigenvalue weighted by Crippen LogP contribution is -2.55. The smallest absolute Gasteiger partial charge is 0.240 e. The van der Waals surface area contributed by atoms with E-state index in [4.69, 9.17) is 16.3 Å². The van der Waals surface area contributed by atoms with Crippen molar-refractivity contribution in [3.8, 4) is 5.75 Å². The van der Waals surface area contributed by atoms with E-state index in [1.54, 1.807) is 6.33 Å². The van der Waals surface area contributed by atoms with E-state index in [1.807, 2.05) is 41.3 Å². The molecule has 2 aliphatic carbocycles. The Labute approximate surface area is 302 Å². The van der Waals surface area contributed by atoms with Crippen molar-refractivity contribution >= 4 is 17.5 Å². The number of likely N-dealkylation sites (tertiary alicyclic amines) is 1. The fourth-order valence-corrected chi connectivity index (χ4v) is 9.10. The molecule has 2 saturated carbocycles. The summed E-state index contributed by atoms with van der Waals surface area (Å²) in [6.45, 7) is 3.09. The molecule has 1 atom stereocenters. The van der Waals surface area contributed by atoms with Crippen molar-refractivity contribution in [3.05, 3.63) is 113 Å². The van der Waals surface area contributed by atoms with Crippen molar-refractivity contribution in [2.24, 2.45) is 11.3 Å². The molecule has 1 saturated heterocycles. The van der Waals surface area contributed by atoms with Gasteiger partial charge in [0.1, 0.15) is 25.0 Å². The number of hydrogen-bond acceptors (Lipinski definition) is 5. The molecule has 7 nitrogen and oxygen atoms in total. The molecule has 0 unspecified atom stereocenters. The summed E-state index contributed by atoms with van der Waals surface area (Å²) in [5, 5.41) is 9.10. The fraction of sp³-hybridized carbons (Fsp3) is 0.500. The van der Waals surface area contributed by atoms with Gasteiger partial charge in [0, 0.05) is 30.7 Å². The van der Waals surface area contributed by atoms with Gasteiger partial charge in [0.2, 0.25) is 5.91 Å². The molecule has 7 rings (SSSR count). The number of aromatic nitrogens is 3. The van der Waals surface area contributed by atoms with Crippen molar-refractivity contribution < 1.29 is 9.53 Å². The SMILES string of the molecule is O=C([C@@H](Cc1ccc(Cl)cc1)NC1CCC(c2ccc(OCc3ccccc3)cc2)CC1)N1CCC(Cn2cncn2)(C2CCCCC2)CC1. The average molecular weight is 694 g/mol. The molecule has 1 aliphatic heterocycles. The van der Waals surface area contributed by atoms with Crippen LogP contribution in [0.15, 0.2) is 91.5 Å².